The van der Waals surface area contributed by atoms with Crippen molar-refractivity contribution < 1.29 is 0 Å². The number of nitrogens with zero attached hydrogens (tertiary/aromatic N) is 2. The van der Waals surface area contributed by atoms with Gasteiger partial charge in [-0.15, -0.1) is 12.4 Å². The Bertz CT molecular complexity index is 247. The summed E-state index contributed by atoms with van der Waals surface area (Å²) in [7, 11) is 0. The van der Waals surface area contributed by atoms with E-state index < -0.39 is 0 Å². The summed E-state index contributed by atoms with van der Waals surface area (Å²) < 4.78 is 3.04. The fourth-order valence-corrected chi connectivity index (χ4v) is 1.51. The van der Waals surface area contributed by atoms with Gasteiger partial charge in [0.2, 0.25) is 0 Å². The summed E-state index contributed by atoms with van der Waals surface area (Å²) in [6.45, 7) is 3.31. The lowest BCUT2D eigenvalue weighted by Crippen LogP contribution is -2.44. The molecule has 1 aromatic rings. The molecule has 0 saturated carbocycles. The Labute approximate surface area is 86.1 Å². The molecular weight excluding hydrogens is 241 g/mol. The van der Waals surface area contributed by atoms with Crippen molar-refractivity contribution in [1.29, 1.82) is 0 Å². The molecule has 0 atom stereocenters. The highest BCUT2D eigenvalue weighted by Crippen LogP contribution is 2.10. The van der Waals surface area contributed by atoms with Crippen LogP contribution in [-0.2, 0) is 6.54 Å². The van der Waals surface area contributed by atoms with Gasteiger partial charge in [0.15, 0.2) is 0 Å². The molecule has 1 saturated heterocycles. The molecule has 1 fully saturated rings. The maximum absolute atomic E-state index is 4.18. The van der Waals surface area contributed by atoms with E-state index in [0.29, 0.717) is 0 Å². The van der Waals surface area contributed by atoms with E-state index >= 15 is 0 Å². The van der Waals surface area contributed by atoms with Crippen molar-refractivity contribution in [2.45, 2.75) is 6.54 Å². The van der Waals surface area contributed by atoms with E-state index in [9.17, 15) is 0 Å². The fourth-order valence-electron chi connectivity index (χ4n) is 1.18. The van der Waals surface area contributed by atoms with Gasteiger partial charge >= 0.3 is 0 Å². The van der Waals surface area contributed by atoms with Crippen molar-refractivity contribution in [1.82, 2.24) is 15.1 Å². The largest absolute Gasteiger partial charge is 0.316 e. The summed E-state index contributed by atoms with van der Waals surface area (Å²) in [4.78, 5) is 0. The van der Waals surface area contributed by atoms with Crippen LogP contribution in [0.25, 0.3) is 0 Å². The minimum Gasteiger partial charge on any atom is -0.316 e. The zero-order valence-corrected chi connectivity index (χ0v) is 8.94. The van der Waals surface area contributed by atoms with Crippen molar-refractivity contribution in [2.24, 2.45) is 5.92 Å². The van der Waals surface area contributed by atoms with Crippen LogP contribution in [0, 0.1) is 5.92 Å². The summed E-state index contributed by atoms with van der Waals surface area (Å²) in [6.07, 6.45) is 3.84. The average Bonchev–Trinajstić information content (AvgIpc) is 2.27. The van der Waals surface area contributed by atoms with Crippen molar-refractivity contribution in [3.8, 4) is 0 Å². The van der Waals surface area contributed by atoms with Crippen molar-refractivity contribution in [3.63, 3.8) is 0 Å². The molecule has 0 spiro atoms. The first kappa shape index (κ1) is 10.0. The molecule has 0 radical (unpaired) electrons. The summed E-state index contributed by atoms with van der Waals surface area (Å²) in [5, 5.41) is 7.42. The van der Waals surface area contributed by atoms with Gasteiger partial charge in [-0.2, -0.15) is 5.10 Å². The van der Waals surface area contributed by atoms with E-state index in [1.165, 1.54) is 0 Å². The number of hydrogen-bond acceptors (Lipinski definition) is 2. The quantitative estimate of drug-likeness (QED) is 0.859. The van der Waals surface area contributed by atoms with Gasteiger partial charge in [0, 0.05) is 31.7 Å². The lowest BCUT2D eigenvalue weighted by molar-refractivity contribution is 0.295. The molecule has 1 aromatic heterocycles. The summed E-state index contributed by atoms with van der Waals surface area (Å²) in [5.41, 5.74) is 0. The van der Waals surface area contributed by atoms with E-state index in [4.69, 9.17) is 0 Å². The monoisotopic (exact) mass is 251 g/mol. The van der Waals surface area contributed by atoms with Crippen LogP contribution < -0.4 is 5.32 Å². The standard InChI is InChI=1S/C7H10BrN3.ClH/c8-7-3-10-11(5-7)4-6-1-9-2-6;/h3,5-6,9H,1-2,4H2;1H. The lowest BCUT2D eigenvalue weighted by Gasteiger charge is -2.26. The van der Waals surface area contributed by atoms with Gasteiger partial charge < -0.3 is 5.32 Å². The Hall–Kier alpha value is -0.0600. The van der Waals surface area contributed by atoms with E-state index in [1.807, 2.05) is 17.1 Å². The second-order valence-corrected chi connectivity index (χ2v) is 3.82. The maximum Gasteiger partial charge on any atom is 0.0632 e. The Morgan fingerprint density at radius 1 is 1.67 bits per heavy atom. The van der Waals surface area contributed by atoms with Crippen LogP contribution in [-0.4, -0.2) is 22.9 Å². The number of rotatable bonds is 2. The highest BCUT2D eigenvalue weighted by Gasteiger charge is 2.16. The molecule has 0 unspecified atom stereocenters. The molecule has 3 nitrogen and oxygen atoms in total. The number of halogens is 2. The van der Waals surface area contributed by atoms with Crippen LogP contribution in [0.15, 0.2) is 16.9 Å². The third-order valence-corrected chi connectivity index (χ3v) is 2.32. The Kier molecular flexibility index (Phi) is 3.55. The van der Waals surface area contributed by atoms with Gasteiger partial charge in [-0.1, -0.05) is 0 Å². The van der Waals surface area contributed by atoms with Gasteiger partial charge in [-0.25, -0.2) is 0 Å². The second kappa shape index (κ2) is 4.25. The topological polar surface area (TPSA) is 29.9 Å². The minimum atomic E-state index is 0. The van der Waals surface area contributed by atoms with Gasteiger partial charge in [0.25, 0.3) is 0 Å². The van der Waals surface area contributed by atoms with Gasteiger partial charge in [0.1, 0.15) is 0 Å². The fraction of sp³-hybridized carbons (Fsp3) is 0.571. The van der Waals surface area contributed by atoms with Crippen LogP contribution in [0.5, 0.6) is 0 Å². The molecule has 2 heterocycles. The average molecular weight is 253 g/mol. The van der Waals surface area contributed by atoms with Gasteiger partial charge in [0.05, 0.1) is 10.7 Å². The van der Waals surface area contributed by atoms with E-state index in [1.54, 1.807) is 0 Å². The molecule has 0 aromatic carbocycles. The molecule has 0 aliphatic carbocycles. The van der Waals surface area contributed by atoms with Gasteiger partial charge in [-0.3, -0.25) is 4.68 Å². The first-order valence-electron chi connectivity index (χ1n) is 3.73. The zero-order valence-electron chi connectivity index (χ0n) is 6.53. The third kappa shape index (κ3) is 2.21. The predicted molar refractivity (Wildman–Crippen MR) is 53.5 cm³/mol. The molecule has 5 heteroatoms. The minimum absolute atomic E-state index is 0. The molecule has 2 rings (SSSR count). The number of aromatic nitrogens is 2. The summed E-state index contributed by atoms with van der Waals surface area (Å²) in [5.74, 6) is 0.779. The van der Waals surface area contributed by atoms with Crippen LogP contribution >= 0.6 is 28.3 Å². The Morgan fingerprint density at radius 3 is 2.83 bits per heavy atom. The first-order valence-corrected chi connectivity index (χ1v) is 4.52. The molecule has 1 N–H and O–H groups in total. The molecular formula is C7H11BrClN3. The third-order valence-electron chi connectivity index (χ3n) is 1.91. The molecule has 0 bridgehead atoms. The summed E-state index contributed by atoms with van der Waals surface area (Å²) >= 11 is 3.36. The van der Waals surface area contributed by atoms with Crippen LogP contribution in [0.3, 0.4) is 0 Å². The van der Waals surface area contributed by atoms with Crippen LogP contribution in [0.2, 0.25) is 0 Å². The highest BCUT2D eigenvalue weighted by atomic mass is 79.9. The van der Waals surface area contributed by atoms with Gasteiger partial charge in [-0.05, 0) is 15.9 Å². The Balaban J connectivity index is 0.000000720. The number of hydrogen-bond donors (Lipinski definition) is 1. The summed E-state index contributed by atoms with van der Waals surface area (Å²) in [6, 6.07) is 0. The predicted octanol–water partition coefficient (Wildman–Crippen LogP) is 1.29. The highest BCUT2D eigenvalue weighted by molar-refractivity contribution is 9.10. The van der Waals surface area contributed by atoms with E-state index in [0.717, 1.165) is 30.0 Å². The smallest absolute Gasteiger partial charge is 0.0632 e. The van der Waals surface area contributed by atoms with E-state index in [-0.39, 0.29) is 12.4 Å². The van der Waals surface area contributed by atoms with Crippen molar-refractivity contribution in [2.75, 3.05) is 13.1 Å². The van der Waals surface area contributed by atoms with Crippen molar-refractivity contribution >= 4 is 28.3 Å². The maximum atomic E-state index is 4.18. The first-order chi connectivity index (χ1) is 5.34. The lowest BCUT2D eigenvalue weighted by atomic mass is 10.0. The molecule has 12 heavy (non-hydrogen) atoms. The zero-order chi connectivity index (χ0) is 7.68. The normalized spacial score (nSPS) is 16.8. The molecule has 0 amide bonds. The second-order valence-electron chi connectivity index (χ2n) is 2.90. The van der Waals surface area contributed by atoms with E-state index in [2.05, 4.69) is 26.3 Å². The Morgan fingerprint density at radius 2 is 2.42 bits per heavy atom. The van der Waals surface area contributed by atoms with Crippen molar-refractivity contribution in [3.05, 3.63) is 16.9 Å². The van der Waals surface area contributed by atoms with Crippen LogP contribution in [0.4, 0.5) is 0 Å². The molecule has 1 aliphatic rings. The molecule has 1 aliphatic heterocycles. The number of nitrogens with one attached hydrogen (secondary N) is 1. The SMILES string of the molecule is Brc1cnn(CC2CNC2)c1.Cl. The van der Waals surface area contributed by atoms with Crippen LogP contribution in [0.1, 0.15) is 0 Å². The molecule has 68 valence electrons.